The third-order valence-electron chi connectivity index (χ3n) is 6.51. The molecule has 184 valence electrons. The molecule has 3 fully saturated rings. The van der Waals surface area contributed by atoms with Crippen molar-refractivity contribution in [3.05, 3.63) is 5.82 Å². The summed E-state index contributed by atoms with van der Waals surface area (Å²) in [6.45, 7) is 7.73. The summed E-state index contributed by atoms with van der Waals surface area (Å²) in [7, 11) is 0. The van der Waals surface area contributed by atoms with Gasteiger partial charge in [0.05, 0.1) is 0 Å². The normalized spacial score (nSPS) is 26.9. The van der Waals surface area contributed by atoms with Gasteiger partial charge in [0.25, 0.3) is 5.82 Å². The first-order valence-electron chi connectivity index (χ1n) is 10.8. The average Bonchev–Trinajstić information content (AvgIpc) is 3.22. The van der Waals surface area contributed by atoms with Crippen LogP contribution < -0.4 is 10.2 Å². The maximum Gasteiger partial charge on any atom is 0.455 e. The predicted octanol–water partition coefficient (Wildman–Crippen LogP) is 2.81. The number of carbonyl (C=O) groups is 1. The van der Waals surface area contributed by atoms with Crippen LogP contribution in [-0.2, 0) is 11.0 Å². The lowest BCUT2D eigenvalue weighted by atomic mass is 9.90. The molecule has 3 saturated heterocycles. The van der Waals surface area contributed by atoms with E-state index >= 15 is 0 Å². The van der Waals surface area contributed by atoms with E-state index in [1.165, 1.54) is 0 Å². The van der Waals surface area contributed by atoms with Gasteiger partial charge in [-0.1, -0.05) is 0 Å². The van der Waals surface area contributed by atoms with Crippen LogP contribution in [-0.4, -0.2) is 63.2 Å². The minimum Gasteiger partial charge on any atom is -0.412 e. The number of aromatic nitrogens is 2. The first-order chi connectivity index (χ1) is 14.0. The highest BCUT2D eigenvalue weighted by molar-refractivity contribution is 5.85. The number of hydrogen-bond donors (Lipinski definition) is 1. The summed E-state index contributed by atoms with van der Waals surface area (Å²) in [5.74, 6) is -1.03. The van der Waals surface area contributed by atoms with Gasteiger partial charge in [0, 0.05) is 29.6 Å². The van der Waals surface area contributed by atoms with Crippen molar-refractivity contribution in [2.75, 3.05) is 18.0 Å². The van der Waals surface area contributed by atoms with Crippen molar-refractivity contribution < 1.29 is 28.0 Å². The van der Waals surface area contributed by atoms with E-state index in [0.29, 0.717) is 6.04 Å². The molecule has 0 unspecified atom stereocenters. The third-order valence-corrected chi connectivity index (χ3v) is 6.51. The summed E-state index contributed by atoms with van der Waals surface area (Å²) < 4.78 is 43.4. The van der Waals surface area contributed by atoms with E-state index in [9.17, 15) is 18.0 Å². The Morgan fingerprint density at radius 3 is 2.06 bits per heavy atom. The number of halogens is 4. The molecule has 4 heterocycles. The Balaban J connectivity index is 0.00000181. The van der Waals surface area contributed by atoms with Gasteiger partial charge in [0.2, 0.25) is 5.91 Å². The number of carbonyl (C=O) groups excluding carboxylic acids is 1. The average molecular weight is 484 g/mol. The Morgan fingerprint density at radius 2 is 1.59 bits per heavy atom. The molecule has 3 N–H and O–H groups in total. The summed E-state index contributed by atoms with van der Waals surface area (Å²) >= 11 is 0. The molecule has 1 amide bonds. The molecular formula is C20H33ClF3N5O3. The second-order valence-electron chi connectivity index (χ2n) is 9.87. The van der Waals surface area contributed by atoms with Crippen molar-refractivity contribution in [3.8, 4) is 0 Å². The molecule has 3 atom stereocenters. The van der Waals surface area contributed by atoms with Crippen molar-refractivity contribution in [2.24, 2.45) is 5.92 Å². The largest absolute Gasteiger partial charge is 0.455 e. The van der Waals surface area contributed by atoms with Crippen LogP contribution in [0.3, 0.4) is 0 Å². The van der Waals surface area contributed by atoms with Gasteiger partial charge in [-0.25, -0.2) is 0 Å². The summed E-state index contributed by atoms with van der Waals surface area (Å²) in [6.07, 6.45) is 0.692. The summed E-state index contributed by atoms with van der Waals surface area (Å²) in [6, 6.07) is 0.621. The van der Waals surface area contributed by atoms with Gasteiger partial charge in [-0.15, -0.1) is 12.4 Å². The van der Waals surface area contributed by atoms with Crippen LogP contribution in [0, 0.1) is 5.92 Å². The monoisotopic (exact) mass is 483 g/mol. The first-order valence-corrected chi connectivity index (χ1v) is 10.8. The van der Waals surface area contributed by atoms with E-state index in [1.54, 1.807) is 0 Å². The molecule has 0 spiro atoms. The number of likely N-dealkylation sites (tertiary alicyclic amines) is 1. The van der Waals surface area contributed by atoms with E-state index in [-0.39, 0.29) is 53.3 Å². The molecule has 1 aromatic heterocycles. The standard InChI is InChI=1S/C20H30F3N5O2.ClH.H2O/c1-19(2,3)25-16(29)12-6-8-27(9-7-12)15-10-13-4-5-14(11-15)28(13)18-24-17(26-30-18)20(21,22)23;;/h12-15H,4-11H2,1-3H3,(H,25,29);1H;1H2/t13-,14+,15+;;. The maximum atomic E-state index is 12.8. The van der Waals surface area contributed by atoms with Crippen LogP contribution in [0.5, 0.6) is 0 Å². The molecule has 12 heteroatoms. The SMILES string of the molecule is CC(C)(C)NC(=O)C1CCN([C@H]2C[C@H]3CC[C@@H](C2)N3c2nc(C(F)(F)F)no2)CC1.Cl.O. The lowest BCUT2D eigenvalue weighted by molar-refractivity contribution is -0.146. The van der Waals surface area contributed by atoms with Gasteiger partial charge < -0.3 is 25.1 Å². The molecular weight excluding hydrogens is 451 g/mol. The van der Waals surface area contributed by atoms with Gasteiger partial charge in [-0.2, -0.15) is 18.2 Å². The van der Waals surface area contributed by atoms with E-state index in [0.717, 1.165) is 51.6 Å². The van der Waals surface area contributed by atoms with Gasteiger partial charge in [-0.05, 0) is 77.5 Å². The Kier molecular flexibility index (Phi) is 8.10. The Labute approximate surface area is 192 Å². The molecule has 0 radical (unpaired) electrons. The molecule has 32 heavy (non-hydrogen) atoms. The summed E-state index contributed by atoms with van der Waals surface area (Å²) in [4.78, 5) is 20.4. The minimum atomic E-state index is -4.59. The van der Waals surface area contributed by atoms with Crippen LogP contribution in [0.1, 0.15) is 65.1 Å². The molecule has 8 nitrogen and oxygen atoms in total. The molecule has 4 rings (SSSR count). The highest BCUT2D eigenvalue weighted by Crippen LogP contribution is 2.41. The van der Waals surface area contributed by atoms with Gasteiger partial charge >= 0.3 is 12.2 Å². The fourth-order valence-corrected chi connectivity index (χ4v) is 5.19. The zero-order valence-electron chi connectivity index (χ0n) is 18.6. The Bertz CT molecular complexity index is 763. The van der Waals surface area contributed by atoms with E-state index < -0.39 is 12.0 Å². The molecule has 1 aromatic rings. The molecule has 3 aliphatic heterocycles. The van der Waals surface area contributed by atoms with Gasteiger partial charge in [0.1, 0.15) is 0 Å². The smallest absolute Gasteiger partial charge is 0.412 e. The van der Waals surface area contributed by atoms with Crippen molar-refractivity contribution in [1.29, 1.82) is 0 Å². The number of fused-ring (bicyclic) bond motifs is 2. The topological polar surface area (TPSA) is 106 Å². The molecule has 0 aliphatic carbocycles. The molecule has 2 bridgehead atoms. The summed E-state index contributed by atoms with van der Waals surface area (Å²) in [5.41, 5.74) is -0.221. The molecule has 0 aromatic carbocycles. The van der Waals surface area contributed by atoms with Crippen molar-refractivity contribution in [1.82, 2.24) is 20.4 Å². The van der Waals surface area contributed by atoms with Crippen LogP contribution in [0.4, 0.5) is 19.2 Å². The maximum absolute atomic E-state index is 12.8. The van der Waals surface area contributed by atoms with E-state index in [2.05, 4.69) is 20.4 Å². The number of rotatable bonds is 3. The van der Waals surface area contributed by atoms with E-state index in [4.69, 9.17) is 4.52 Å². The lowest BCUT2D eigenvalue weighted by Gasteiger charge is -2.44. The van der Waals surface area contributed by atoms with Gasteiger partial charge in [-0.3, -0.25) is 4.79 Å². The fourth-order valence-electron chi connectivity index (χ4n) is 5.19. The molecule has 0 saturated carbocycles. The zero-order chi connectivity index (χ0) is 21.7. The second kappa shape index (κ2) is 9.72. The quantitative estimate of drug-likeness (QED) is 0.708. The Morgan fingerprint density at radius 1 is 1.03 bits per heavy atom. The van der Waals surface area contributed by atoms with Crippen molar-refractivity contribution in [2.45, 2.75) is 89.1 Å². The fraction of sp³-hybridized carbons (Fsp3) is 0.850. The first kappa shape index (κ1) is 26.7. The second-order valence-corrected chi connectivity index (χ2v) is 9.87. The van der Waals surface area contributed by atoms with Crippen LogP contribution in [0.25, 0.3) is 0 Å². The van der Waals surface area contributed by atoms with E-state index in [1.807, 2.05) is 25.7 Å². The minimum absolute atomic E-state index is 0. The van der Waals surface area contributed by atoms with Crippen molar-refractivity contribution >= 4 is 24.3 Å². The number of hydrogen-bond acceptors (Lipinski definition) is 6. The van der Waals surface area contributed by atoms with Crippen LogP contribution in [0.2, 0.25) is 0 Å². The van der Waals surface area contributed by atoms with Crippen LogP contribution in [0.15, 0.2) is 4.52 Å². The molecule has 3 aliphatic rings. The highest BCUT2D eigenvalue weighted by atomic mass is 35.5. The number of piperidine rings is 2. The lowest BCUT2D eigenvalue weighted by Crippen LogP contribution is -2.53. The summed E-state index contributed by atoms with van der Waals surface area (Å²) in [5, 5.41) is 6.19. The number of alkyl halides is 3. The number of nitrogens with zero attached hydrogens (tertiary/aromatic N) is 4. The highest BCUT2D eigenvalue weighted by Gasteiger charge is 2.46. The predicted molar refractivity (Wildman–Crippen MR) is 115 cm³/mol. The number of nitrogens with one attached hydrogen (secondary N) is 1. The van der Waals surface area contributed by atoms with Crippen LogP contribution >= 0.6 is 12.4 Å². The van der Waals surface area contributed by atoms with Gasteiger partial charge in [0.15, 0.2) is 0 Å². The number of anilines is 1. The van der Waals surface area contributed by atoms with Crippen molar-refractivity contribution in [3.63, 3.8) is 0 Å². The third kappa shape index (κ3) is 5.66. The zero-order valence-corrected chi connectivity index (χ0v) is 19.4. The Hall–Kier alpha value is -1.59. The number of amides is 1.